The summed E-state index contributed by atoms with van der Waals surface area (Å²) in [5.74, 6) is 0. The molecular weight excluding hydrogens is 273 g/mol. The molecule has 0 saturated heterocycles. The van der Waals surface area contributed by atoms with Crippen molar-refractivity contribution in [2.24, 2.45) is 14.1 Å². The summed E-state index contributed by atoms with van der Waals surface area (Å²) >= 11 is 12.0. The molecule has 1 aromatic rings. The molecule has 0 aromatic carbocycles. The maximum atomic E-state index is 6.66. The number of nitrogens with zero attached hydrogens (tertiary/aromatic N) is 3. The Morgan fingerprint density at radius 2 is 1.71 bits per heavy atom. The first-order chi connectivity index (χ1) is 7.77. The van der Waals surface area contributed by atoms with E-state index in [1.807, 2.05) is 29.4 Å². The van der Waals surface area contributed by atoms with Gasteiger partial charge in [0.05, 0.1) is 5.44 Å². The van der Waals surface area contributed by atoms with Crippen LogP contribution in [0.4, 0.5) is 0 Å². The van der Waals surface area contributed by atoms with Gasteiger partial charge < -0.3 is 9.13 Å². The van der Waals surface area contributed by atoms with Crippen LogP contribution in [0, 0.1) is 4.77 Å². The molecule has 0 saturated carbocycles. The van der Waals surface area contributed by atoms with E-state index in [4.69, 9.17) is 23.5 Å². The molecule has 17 heavy (non-hydrogen) atoms. The van der Waals surface area contributed by atoms with Crippen LogP contribution in [0.15, 0.2) is 6.20 Å². The van der Waals surface area contributed by atoms with Gasteiger partial charge in [0.15, 0.2) is 4.77 Å². The topological polar surface area (TPSA) is 13.1 Å². The molecule has 1 heterocycles. The Hall–Kier alpha value is 0.110. The second-order valence-electron chi connectivity index (χ2n) is 4.77. The van der Waals surface area contributed by atoms with Crippen LogP contribution in [-0.2, 0) is 14.1 Å². The SMILES string of the molecule is CC(C)N(C(C)C)[P@](Cl)c1cn(C)c(=S)n1C. The quantitative estimate of drug-likeness (QED) is 0.623. The second-order valence-corrected chi connectivity index (χ2v) is 7.53. The van der Waals surface area contributed by atoms with E-state index in [0.29, 0.717) is 12.1 Å². The average Bonchev–Trinajstić information content (AvgIpc) is 2.44. The van der Waals surface area contributed by atoms with Crippen molar-refractivity contribution in [1.82, 2.24) is 13.8 Å². The van der Waals surface area contributed by atoms with Crippen LogP contribution in [0.1, 0.15) is 27.7 Å². The number of aromatic nitrogens is 2. The number of hydrogen-bond donors (Lipinski definition) is 0. The largest absolute Gasteiger partial charge is 0.326 e. The van der Waals surface area contributed by atoms with Gasteiger partial charge in [0.1, 0.15) is 7.43 Å². The van der Waals surface area contributed by atoms with E-state index < -0.39 is 7.43 Å². The summed E-state index contributed by atoms with van der Waals surface area (Å²) in [5.41, 5.74) is 1.11. The first-order valence-electron chi connectivity index (χ1n) is 5.73. The van der Waals surface area contributed by atoms with Crippen molar-refractivity contribution < 1.29 is 0 Å². The van der Waals surface area contributed by atoms with Crippen LogP contribution in [0.3, 0.4) is 0 Å². The number of halogens is 1. The lowest BCUT2D eigenvalue weighted by Gasteiger charge is -2.34. The molecule has 0 aliphatic heterocycles. The Morgan fingerprint density at radius 3 is 2.00 bits per heavy atom. The maximum absolute atomic E-state index is 6.66. The Kier molecular flexibility index (Phi) is 5.21. The number of hydrogen-bond acceptors (Lipinski definition) is 2. The summed E-state index contributed by atoms with van der Waals surface area (Å²) < 4.78 is 7.09. The molecule has 0 N–H and O–H groups in total. The molecule has 0 aliphatic rings. The standard InChI is InChI=1S/C11H21ClN3PS/c1-8(2)15(9(3)4)16(12)10-7-13(5)11(17)14(10)6/h7-9H,1-6H3/t16-/m0/s1. The number of rotatable bonds is 4. The van der Waals surface area contributed by atoms with Crippen LogP contribution in [0.25, 0.3) is 0 Å². The molecule has 98 valence electrons. The van der Waals surface area contributed by atoms with Crippen LogP contribution >= 0.6 is 30.9 Å². The average molecular weight is 294 g/mol. The third kappa shape index (κ3) is 3.11. The van der Waals surface area contributed by atoms with Gasteiger partial charge in [-0.05, 0) is 39.9 Å². The lowest BCUT2D eigenvalue weighted by atomic mass is 10.3. The Morgan fingerprint density at radius 1 is 1.24 bits per heavy atom. The fourth-order valence-electron chi connectivity index (χ4n) is 1.94. The van der Waals surface area contributed by atoms with Crippen molar-refractivity contribution in [3.8, 4) is 0 Å². The summed E-state index contributed by atoms with van der Waals surface area (Å²) in [6, 6.07) is 0.847. The molecule has 1 aromatic heterocycles. The lowest BCUT2D eigenvalue weighted by molar-refractivity contribution is 0.328. The zero-order valence-electron chi connectivity index (χ0n) is 11.3. The summed E-state index contributed by atoms with van der Waals surface area (Å²) in [5, 5.41) is 0. The molecule has 3 nitrogen and oxygen atoms in total. The Labute approximate surface area is 115 Å². The molecular formula is C11H21ClN3PS. The fraction of sp³-hybridized carbons (Fsp3) is 0.727. The summed E-state index contributed by atoms with van der Waals surface area (Å²) in [4.78, 5) is 0. The van der Waals surface area contributed by atoms with E-state index in [0.717, 1.165) is 10.2 Å². The van der Waals surface area contributed by atoms with Gasteiger partial charge in [-0.25, -0.2) is 0 Å². The molecule has 0 radical (unpaired) electrons. The third-order valence-corrected chi connectivity index (χ3v) is 6.42. The van der Waals surface area contributed by atoms with Gasteiger partial charge in [-0.2, -0.15) is 0 Å². The highest BCUT2D eigenvalue weighted by Crippen LogP contribution is 2.47. The van der Waals surface area contributed by atoms with Crippen molar-refractivity contribution in [2.75, 3.05) is 0 Å². The molecule has 1 atom stereocenters. The van der Waals surface area contributed by atoms with Crippen LogP contribution in [0.2, 0.25) is 0 Å². The second kappa shape index (κ2) is 5.83. The van der Waals surface area contributed by atoms with E-state index in [2.05, 4.69) is 32.4 Å². The van der Waals surface area contributed by atoms with E-state index in [-0.39, 0.29) is 0 Å². The van der Waals surface area contributed by atoms with Crippen LogP contribution in [0.5, 0.6) is 0 Å². The Balaban J connectivity index is 3.14. The molecule has 6 heteroatoms. The minimum Gasteiger partial charge on any atom is -0.326 e. The summed E-state index contributed by atoms with van der Waals surface area (Å²) in [6.07, 6.45) is 2.04. The zero-order valence-corrected chi connectivity index (χ0v) is 13.8. The third-order valence-electron chi connectivity index (χ3n) is 2.69. The van der Waals surface area contributed by atoms with Crippen molar-refractivity contribution in [2.45, 2.75) is 39.8 Å². The molecule has 1 rings (SSSR count). The normalized spacial score (nSPS) is 14.0. The minimum atomic E-state index is -0.853. The monoisotopic (exact) mass is 293 g/mol. The highest BCUT2D eigenvalue weighted by Gasteiger charge is 2.26. The van der Waals surface area contributed by atoms with Gasteiger partial charge in [-0.1, -0.05) is 11.2 Å². The van der Waals surface area contributed by atoms with Crippen molar-refractivity contribution in [3.05, 3.63) is 11.0 Å². The zero-order chi connectivity index (χ0) is 13.3. The van der Waals surface area contributed by atoms with Gasteiger partial charge in [-0.3, -0.25) is 4.67 Å². The first kappa shape index (κ1) is 15.2. The molecule has 0 unspecified atom stereocenters. The number of aryl methyl sites for hydroxylation is 1. The minimum absolute atomic E-state index is 0.424. The Bertz CT molecular complexity index is 430. The maximum Gasteiger partial charge on any atom is 0.179 e. The number of imidazole rings is 1. The van der Waals surface area contributed by atoms with Crippen molar-refractivity contribution in [3.63, 3.8) is 0 Å². The predicted octanol–water partition coefficient (Wildman–Crippen LogP) is 3.39. The summed E-state index contributed by atoms with van der Waals surface area (Å²) in [6.45, 7) is 8.70. The van der Waals surface area contributed by atoms with Gasteiger partial charge in [0.2, 0.25) is 0 Å². The van der Waals surface area contributed by atoms with E-state index >= 15 is 0 Å². The fourth-order valence-corrected chi connectivity index (χ4v) is 5.34. The summed E-state index contributed by atoms with van der Waals surface area (Å²) in [7, 11) is 3.09. The van der Waals surface area contributed by atoms with Crippen LogP contribution < -0.4 is 5.44 Å². The van der Waals surface area contributed by atoms with E-state index in [9.17, 15) is 0 Å². The highest BCUT2D eigenvalue weighted by molar-refractivity contribution is 7.88. The smallest absolute Gasteiger partial charge is 0.179 e. The molecule has 0 aliphatic carbocycles. The van der Waals surface area contributed by atoms with Gasteiger partial charge >= 0.3 is 0 Å². The lowest BCUT2D eigenvalue weighted by Crippen LogP contribution is -2.34. The van der Waals surface area contributed by atoms with E-state index in [1.165, 1.54) is 0 Å². The van der Waals surface area contributed by atoms with Gasteiger partial charge in [0, 0.05) is 32.4 Å². The van der Waals surface area contributed by atoms with Gasteiger partial charge in [0.25, 0.3) is 0 Å². The highest BCUT2D eigenvalue weighted by atomic mass is 35.7. The molecule has 0 bridgehead atoms. The van der Waals surface area contributed by atoms with Crippen molar-refractivity contribution in [1.29, 1.82) is 0 Å². The van der Waals surface area contributed by atoms with Crippen LogP contribution in [-0.4, -0.2) is 25.9 Å². The van der Waals surface area contributed by atoms with Crippen molar-refractivity contribution >= 4 is 36.3 Å². The molecule has 0 amide bonds. The van der Waals surface area contributed by atoms with Gasteiger partial charge in [-0.15, -0.1) is 0 Å². The molecule has 0 fully saturated rings. The first-order valence-corrected chi connectivity index (χ1v) is 8.34. The van der Waals surface area contributed by atoms with E-state index in [1.54, 1.807) is 0 Å². The molecule has 0 spiro atoms. The predicted molar refractivity (Wildman–Crippen MR) is 79.7 cm³/mol.